The Balaban J connectivity index is 2.11. The van der Waals surface area contributed by atoms with Gasteiger partial charge in [-0.1, -0.05) is 0 Å². The quantitative estimate of drug-likeness (QED) is 0.913. The smallest absolute Gasteiger partial charge is 0.216 e. The Bertz CT molecular complexity index is 599. The zero-order chi connectivity index (χ0) is 14.9. The first-order chi connectivity index (χ1) is 9.43. The Morgan fingerprint density at radius 2 is 2.10 bits per heavy atom. The first-order valence-corrected chi connectivity index (χ1v) is 6.80. The molecule has 0 aliphatic heterocycles. The molecule has 0 unspecified atom stereocenters. The minimum Gasteiger partial charge on any atom is -0.481 e. The van der Waals surface area contributed by atoms with E-state index in [4.69, 9.17) is 9.15 Å². The van der Waals surface area contributed by atoms with E-state index in [0.29, 0.717) is 6.54 Å². The summed E-state index contributed by atoms with van der Waals surface area (Å²) in [4.78, 5) is 0. The molecule has 0 aromatic carbocycles. The standard InChI is InChI=1S/C15H23N3O2/c1-9-7-13(12(4)20-9)10(2)16-8-14-11(3)17-18(5)15(14)19-6/h7,10,16H,8H2,1-6H3/t10-/m1/s1. The molecule has 5 nitrogen and oxygen atoms in total. The molecule has 20 heavy (non-hydrogen) atoms. The lowest BCUT2D eigenvalue weighted by molar-refractivity contribution is 0.367. The van der Waals surface area contributed by atoms with E-state index in [1.807, 2.05) is 27.8 Å². The van der Waals surface area contributed by atoms with Crippen LogP contribution in [0.2, 0.25) is 0 Å². The molecule has 1 N–H and O–H groups in total. The van der Waals surface area contributed by atoms with Crippen molar-refractivity contribution in [2.45, 2.75) is 40.3 Å². The number of hydrogen-bond donors (Lipinski definition) is 1. The van der Waals surface area contributed by atoms with Gasteiger partial charge in [0.25, 0.3) is 0 Å². The second-order valence-electron chi connectivity index (χ2n) is 5.17. The summed E-state index contributed by atoms with van der Waals surface area (Å²) in [6, 6.07) is 2.30. The molecule has 110 valence electrons. The third-order valence-electron chi connectivity index (χ3n) is 3.61. The number of methoxy groups -OCH3 is 1. The van der Waals surface area contributed by atoms with Gasteiger partial charge in [0.2, 0.25) is 5.88 Å². The molecule has 2 heterocycles. The fourth-order valence-electron chi connectivity index (χ4n) is 2.59. The third-order valence-corrected chi connectivity index (χ3v) is 3.61. The van der Waals surface area contributed by atoms with Gasteiger partial charge >= 0.3 is 0 Å². The highest BCUT2D eigenvalue weighted by molar-refractivity contribution is 5.31. The SMILES string of the molecule is COc1c(CN[C@H](C)c2cc(C)oc2C)c(C)nn1C. The van der Waals surface area contributed by atoms with Gasteiger partial charge in [0.1, 0.15) is 11.5 Å². The van der Waals surface area contributed by atoms with Crippen molar-refractivity contribution >= 4 is 0 Å². The van der Waals surface area contributed by atoms with E-state index < -0.39 is 0 Å². The second kappa shape index (κ2) is 5.71. The van der Waals surface area contributed by atoms with Gasteiger partial charge in [0.15, 0.2) is 0 Å². The Hall–Kier alpha value is -1.75. The van der Waals surface area contributed by atoms with E-state index in [1.54, 1.807) is 11.8 Å². The Kier molecular flexibility index (Phi) is 4.18. The van der Waals surface area contributed by atoms with Gasteiger partial charge in [-0.25, -0.2) is 4.68 Å². The van der Waals surface area contributed by atoms with Crippen LogP contribution in [0.15, 0.2) is 10.5 Å². The first-order valence-electron chi connectivity index (χ1n) is 6.80. The lowest BCUT2D eigenvalue weighted by atomic mass is 10.1. The maximum Gasteiger partial charge on any atom is 0.216 e. The summed E-state index contributed by atoms with van der Waals surface area (Å²) in [7, 11) is 3.56. The fraction of sp³-hybridized carbons (Fsp3) is 0.533. The third kappa shape index (κ3) is 2.72. The molecule has 0 aliphatic carbocycles. The molecule has 5 heteroatoms. The molecule has 0 saturated heterocycles. The van der Waals surface area contributed by atoms with Gasteiger partial charge in [-0.2, -0.15) is 5.10 Å². The number of hydrogen-bond acceptors (Lipinski definition) is 4. The summed E-state index contributed by atoms with van der Waals surface area (Å²) in [5.74, 6) is 2.72. The van der Waals surface area contributed by atoms with Crippen LogP contribution in [-0.4, -0.2) is 16.9 Å². The van der Waals surface area contributed by atoms with Crippen molar-refractivity contribution in [3.8, 4) is 5.88 Å². The Morgan fingerprint density at radius 3 is 2.65 bits per heavy atom. The van der Waals surface area contributed by atoms with E-state index in [9.17, 15) is 0 Å². The minimum atomic E-state index is 0.219. The van der Waals surface area contributed by atoms with Crippen LogP contribution in [0.3, 0.4) is 0 Å². The highest BCUT2D eigenvalue weighted by Gasteiger charge is 2.17. The second-order valence-corrected chi connectivity index (χ2v) is 5.17. The van der Waals surface area contributed by atoms with Crippen molar-refractivity contribution in [1.29, 1.82) is 0 Å². The lowest BCUT2D eigenvalue weighted by Crippen LogP contribution is -2.19. The van der Waals surface area contributed by atoms with Crippen LogP contribution in [-0.2, 0) is 13.6 Å². The normalized spacial score (nSPS) is 12.7. The first kappa shape index (κ1) is 14.7. The summed E-state index contributed by atoms with van der Waals surface area (Å²) in [6.07, 6.45) is 0. The molecule has 2 aromatic heterocycles. The minimum absolute atomic E-state index is 0.219. The highest BCUT2D eigenvalue weighted by Crippen LogP contribution is 2.24. The van der Waals surface area contributed by atoms with Crippen molar-refractivity contribution in [2.75, 3.05) is 7.11 Å². The molecule has 0 spiro atoms. The number of ether oxygens (including phenoxy) is 1. The van der Waals surface area contributed by atoms with E-state index >= 15 is 0 Å². The number of aromatic nitrogens is 2. The summed E-state index contributed by atoms with van der Waals surface area (Å²) < 4.78 is 12.8. The Labute approximate surface area is 119 Å². The van der Waals surface area contributed by atoms with Crippen molar-refractivity contribution in [2.24, 2.45) is 7.05 Å². The average molecular weight is 277 g/mol. The zero-order valence-electron chi connectivity index (χ0n) is 13.1. The van der Waals surface area contributed by atoms with Gasteiger partial charge in [0.05, 0.1) is 18.4 Å². The molecular formula is C15H23N3O2. The molecule has 0 radical (unpaired) electrons. The average Bonchev–Trinajstić information content (AvgIpc) is 2.85. The molecule has 1 atom stereocenters. The summed E-state index contributed by atoms with van der Waals surface area (Å²) in [5, 5.41) is 7.89. The van der Waals surface area contributed by atoms with Crippen LogP contribution in [0.4, 0.5) is 0 Å². The van der Waals surface area contributed by atoms with Crippen molar-refractivity contribution < 1.29 is 9.15 Å². The molecule has 0 bridgehead atoms. The number of nitrogens with one attached hydrogen (secondary N) is 1. The predicted octanol–water partition coefficient (Wildman–Crippen LogP) is 2.80. The van der Waals surface area contributed by atoms with Crippen LogP contribution in [0.1, 0.15) is 41.3 Å². The van der Waals surface area contributed by atoms with Crippen LogP contribution >= 0.6 is 0 Å². The molecule has 2 rings (SSSR count). The number of rotatable bonds is 5. The predicted molar refractivity (Wildman–Crippen MR) is 77.9 cm³/mol. The molecule has 0 saturated carbocycles. The maximum atomic E-state index is 5.58. The van der Waals surface area contributed by atoms with Crippen molar-refractivity contribution in [3.63, 3.8) is 0 Å². The van der Waals surface area contributed by atoms with E-state index in [0.717, 1.165) is 28.7 Å². The number of aryl methyl sites for hydroxylation is 4. The highest BCUT2D eigenvalue weighted by atomic mass is 16.5. The largest absolute Gasteiger partial charge is 0.481 e. The monoisotopic (exact) mass is 277 g/mol. The zero-order valence-corrected chi connectivity index (χ0v) is 13.1. The van der Waals surface area contributed by atoms with Crippen LogP contribution in [0, 0.1) is 20.8 Å². The number of nitrogens with zero attached hydrogens (tertiary/aromatic N) is 2. The lowest BCUT2D eigenvalue weighted by Gasteiger charge is -2.13. The van der Waals surface area contributed by atoms with Gasteiger partial charge in [0, 0.05) is 25.2 Å². The molecule has 0 aliphatic rings. The molecule has 0 fully saturated rings. The van der Waals surface area contributed by atoms with Crippen LogP contribution in [0.25, 0.3) is 0 Å². The summed E-state index contributed by atoms with van der Waals surface area (Å²) in [6.45, 7) is 8.81. The molecule has 2 aromatic rings. The van der Waals surface area contributed by atoms with Gasteiger partial charge in [-0.3, -0.25) is 0 Å². The fourth-order valence-corrected chi connectivity index (χ4v) is 2.59. The van der Waals surface area contributed by atoms with Crippen molar-refractivity contribution in [1.82, 2.24) is 15.1 Å². The Morgan fingerprint density at radius 1 is 1.40 bits per heavy atom. The maximum absolute atomic E-state index is 5.58. The topological polar surface area (TPSA) is 52.2 Å². The van der Waals surface area contributed by atoms with E-state index in [1.165, 1.54) is 5.56 Å². The summed E-state index contributed by atoms with van der Waals surface area (Å²) in [5.41, 5.74) is 3.28. The van der Waals surface area contributed by atoms with Crippen LogP contribution < -0.4 is 10.1 Å². The van der Waals surface area contributed by atoms with Gasteiger partial charge in [-0.15, -0.1) is 0 Å². The van der Waals surface area contributed by atoms with Gasteiger partial charge in [-0.05, 0) is 33.8 Å². The molecule has 0 amide bonds. The van der Waals surface area contributed by atoms with Crippen LogP contribution in [0.5, 0.6) is 5.88 Å². The van der Waals surface area contributed by atoms with E-state index in [2.05, 4.69) is 23.4 Å². The summed E-state index contributed by atoms with van der Waals surface area (Å²) >= 11 is 0. The number of furan rings is 1. The molecular weight excluding hydrogens is 254 g/mol. The van der Waals surface area contributed by atoms with E-state index in [-0.39, 0.29) is 6.04 Å². The van der Waals surface area contributed by atoms with Crippen molar-refractivity contribution in [3.05, 3.63) is 34.4 Å². The van der Waals surface area contributed by atoms with Gasteiger partial charge < -0.3 is 14.5 Å².